The standard InChI is InChI=1S/C12H14ClN5O2/c13-10-14-6-8-9(16-10)18(11(19)15-8)17-4-5-20-12(7-17)2-1-3-12/h6H,1-5,7H2,(H,15,19). The maximum absolute atomic E-state index is 12.2. The number of hydrogen-bond donors (Lipinski definition) is 1. The van der Waals surface area contributed by atoms with E-state index in [0.29, 0.717) is 30.9 Å². The van der Waals surface area contributed by atoms with Gasteiger partial charge in [0, 0.05) is 0 Å². The van der Waals surface area contributed by atoms with E-state index in [2.05, 4.69) is 15.0 Å². The number of hydrogen-bond acceptors (Lipinski definition) is 5. The van der Waals surface area contributed by atoms with Gasteiger partial charge in [0.25, 0.3) is 0 Å². The van der Waals surface area contributed by atoms with Crippen molar-refractivity contribution in [2.45, 2.75) is 24.9 Å². The van der Waals surface area contributed by atoms with Crippen molar-refractivity contribution in [1.82, 2.24) is 19.6 Å². The highest BCUT2D eigenvalue weighted by atomic mass is 35.5. The second kappa shape index (κ2) is 4.20. The third-order valence-electron chi connectivity index (χ3n) is 4.15. The molecule has 7 nitrogen and oxygen atoms in total. The summed E-state index contributed by atoms with van der Waals surface area (Å²) in [6.07, 6.45) is 4.82. The second-order valence-corrected chi connectivity index (χ2v) is 5.73. The van der Waals surface area contributed by atoms with Crippen LogP contribution in [0.2, 0.25) is 5.28 Å². The Morgan fingerprint density at radius 1 is 1.45 bits per heavy atom. The fraction of sp³-hybridized carbons (Fsp3) is 0.583. The SMILES string of the molecule is O=c1[nH]c2cnc(Cl)nc2n1N1CCOC2(CCC2)C1. The van der Waals surface area contributed by atoms with Crippen LogP contribution in [0.4, 0.5) is 0 Å². The van der Waals surface area contributed by atoms with Gasteiger partial charge in [0.05, 0.1) is 31.5 Å². The van der Waals surface area contributed by atoms with Gasteiger partial charge in [0.15, 0.2) is 5.65 Å². The lowest BCUT2D eigenvalue weighted by Gasteiger charge is -2.48. The first-order chi connectivity index (χ1) is 9.67. The first-order valence-electron chi connectivity index (χ1n) is 6.69. The summed E-state index contributed by atoms with van der Waals surface area (Å²) in [7, 11) is 0. The quantitative estimate of drug-likeness (QED) is 0.782. The van der Waals surface area contributed by atoms with Crippen LogP contribution in [0, 0.1) is 0 Å². The van der Waals surface area contributed by atoms with Gasteiger partial charge in [0.2, 0.25) is 5.28 Å². The molecule has 1 saturated heterocycles. The number of rotatable bonds is 1. The number of fused-ring (bicyclic) bond motifs is 1. The van der Waals surface area contributed by atoms with E-state index in [-0.39, 0.29) is 16.6 Å². The molecule has 20 heavy (non-hydrogen) atoms. The van der Waals surface area contributed by atoms with Crippen molar-refractivity contribution in [2.24, 2.45) is 0 Å². The van der Waals surface area contributed by atoms with E-state index in [4.69, 9.17) is 16.3 Å². The van der Waals surface area contributed by atoms with Crippen LogP contribution in [0.3, 0.4) is 0 Å². The van der Waals surface area contributed by atoms with E-state index >= 15 is 0 Å². The van der Waals surface area contributed by atoms with Crippen LogP contribution in [0.25, 0.3) is 11.2 Å². The largest absolute Gasteiger partial charge is 0.371 e. The number of aromatic nitrogens is 4. The van der Waals surface area contributed by atoms with Crippen LogP contribution in [0.1, 0.15) is 19.3 Å². The van der Waals surface area contributed by atoms with E-state index in [1.807, 2.05) is 5.01 Å². The van der Waals surface area contributed by atoms with Crippen LogP contribution in [0.15, 0.2) is 11.0 Å². The van der Waals surface area contributed by atoms with Gasteiger partial charge in [-0.3, -0.25) is 0 Å². The summed E-state index contributed by atoms with van der Waals surface area (Å²) < 4.78 is 7.44. The highest BCUT2D eigenvalue weighted by Gasteiger charge is 2.42. The minimum absolute atomic E-state index is 0.0852. The molecule has 2 fully saturated rings. The molecule has 2 aromatic heterocycles. The molecule has 2 aliphatic rings. The lowest BCUT2D eigenvalue weighted by Crippen LogP contribution is -2.60. The molecule has 1 saturated carbocycles. The molecule has 106 valence electrons. The zero-order chi connectivity index (χ0) is 13.7. The van der Waals surface area contributed by atoms with Gasteiger partial charge >= 0.3 is 5.69 Å². The van der Waals surface area contributed by atoms with Crippen LogP contribution >= 0.6 is 11.6 Å². The van der Waals surface area contributed by atoms with Crippen LogP contribution in [0.5, 0.6) is 0 Å². The van der Waals surface area contributed by atoms with Gasteiger partial charge in [-0.25, -0.2) is 9.78 Å². The van der Waals surface area contributed by atoms with E-state index in [1.165, 1.54) is 12.6 Å². The van der Waals surface area contributed by atoms with Crippen molar-refractivity contribution >= 4 is 22.8 Å². The molecule has 4 rings (SSSR count). The van der Waals surface area contributed by atoms with Gasteiger partial charge in [0.1, 0.15) is 5.52 Å². The molecule has 8 heteroatoms. The van der Waals surface area contributed by atoms with Gasteiger partial charge in [-0.1, -0.05) is 0 Å². The lowest BCUT2D eigenvalue weighted by atomic mass is 9.79. The summed E-state index contributed by atoms with van der Waals surface area (Å²) in [5.74, 6) is 0. The molecule has 0 aromatic carbocycles. The molecular weight excluding hydrogens is 282 g/mol. The molecule has 1 N–H and O–H groups in total. The first kappa shape index (κ1) is 12.2. The Balaban J connectivity index is 1.79. The van der Waals surface area contributed by atoms with E-state index in [9.17, 15) is 4.79 Å². The lowest BCUT2D eigenvalue weighted by molar-refractivity contribution is -0.112. The molecule has 0 unspecified atom stereocenters. The molecule has 0 amide bonds. The third-order valence-corrected chi connectivity index (χ3v) is 4.33. The summed E-state index contributed by atoms with van der Waals surface area (Å²) in [5.41, 5.74) is 0.811. The molecule has 0 bridgehead atoms. The maximum Gasteiger partial charge on any atom is 0.346 e. The molecule has 0 atom stereocenters. The predicted octanol–water partition coefficient (Wildman–Crippen LogP) is 0.664. The van der Waals surface area contributed by atoms with Crippen LogP contribution in [-0.2, 0) is 4.74 Å². The average Bonchev–Trinajstić information content (AvgIpc) is 2.72. The minimum atomic E-state index is -0.215. The highest BCUT2D eigenvalue weighted by molar-refractivity contribution is 6.28. The number of imidazole rings is 1. The number of morpholine rings is 1. The highest BCUT2D eigenvalue weighted by Crippen LogP contribution is 2.37. The molecule has 3 heterocycles. The molecular formula is C12H14ClN5O2. The Morgan fingerprint density at radius 3 is 3.05 bits per heavy atom. The van der Waals surface area contributed by atoms with E-state index in [1.54, 1.807) is 4.68 Å². The topological polar surface area (TPSA) is 76.0 Å². The fourth-order valence-corrected chi connectivity index (χ4v) is 3.13. The zero-order valence-corrected chi connectivity index (χ0v) is 11.6. The zero-order valence-electron chi connectivity index (χ0n) is 10.8. The Morgan fingerprint density at radius 2 is 2.30 bits per heavy atom. The molecule has 1 aliphatic carbocycles. The third kappa shape index (κ3) is 1.73. The smallest absolute Gasteiger partial charge is 0.346 e. The molecule has 2 aromatic rings. The van der Waals surface area contributed by atoms with Crippen LogP contribution in [-0.4, -0.2) is 44.9 Å². The van der Waals surface area contributed by atoms with Gasteiger partial charge in [-0.05, 0) is 30.9 Å². The first-order valence-corrected chi connectivity index (χ1v) is 7.07. The fourth-order valence-electron chi connectivity index (χ4n) is 3.00. The van der Waals surface area contributed by atoms with Gasteiger partial charge in [-0.15, -0.1) is 0 Å². The van der Waals surface area contributed by atoms with Crippen molar-refractivity contribution in [3.8, 4) is 0 Å². The molecule has 1 spiro atoms. The van der Waals surface area contributed by atoms with Crippen molar-refractivity contribution < 1.29 is 4.74 Å². The summed E-state index contributed by atoms with van der Waals surface area (Å²) in [6.45, 7) is 2.00. The summed E-state index contributed by atoms with van der Waals surface area (Å²) >= 11 is 5.84. The minimum Gasteiger partial charge on any atom is -0.371 e. The number of ether oxygens (including phenoxy) is 1. The van der Waals surface area contributed by atoms with Gasteiger partial charge < -0.3 is 14.7 Å². The summed E-state index contributed by atoms with van der Waals surface area (Å²) in [5, 5.41) is 2.13. The summed E-state index contributed by atoms with van der Waals surface area (Å²) in [6, 6.07) is 0. The summed E-state index contributed by atoms with van der Waals surface area (Å²) in [4.78, 5) is 23.0. The average molecular weight is 296 g/mol. The normalized spacial score (nSPS) is 21.4. The number of halogens is 1. The molecule has 1 aliphatic heterocycles. The van der Waals surface area contributed by atoms with Crippen molar-refractivity contribution in [1.29, 1.82) is 0 Å². The van der Waals surface area contributed by atoms with E-state index < -0.39 is 0 Å². The van der Waals surface area contributed by atoms with Crippen molar-refractivity contribution in [3.63, 3.8) is 0 Å². The Bertz CT molecular complexity index is 720. The predicted molar refractivity (Wildman–Crippen MR) is 73.6 cm³/mol. The van der Waals surface area contributed by atoms with Crippen molar-refractivity contribution in [3.05, 3.63) is 22.0 Å². The number of nitrogens with zero attached hydrogens (tertiary/aromatic N) is 4. The van der Waals surface area contributed by atoms with E-state index in [0.717, 1.165) is 12.8 Å². The Hall–Kier alpha value is -1.60. The van der Waals surface area contributed by atoms with Gasteiger partial charge in [-0.2, -0.15) is 9.66 Å². The second-order valence-electron chi connectivity index (χ2n) is 5.39. The van der Waals surface area contributed by atoms with Crippen LogP contribution < -0.4 is 10.7 Å². The van der Waals surface area contributed by atoms with Crippen molar-refractivity contribution in [2.75, 3.05) is 24.7 Å². The molecule has 0 radical (unpaired) electrons. The monoisotopic (exact) mass is 295 g/mol. The Kier molecular flexibility index (Phi) is 2.55. The Labute approximate surface area is 119 Å². The number of aromatic amines is 1. The number of nitrogens with one attached hydrogen (secondary N) is 1. The maximum atomic E-state index is 12.2. The number of H-pyrrole nitrogens is 1.